The van der Waals surface area contributed by atoms with E-state index in [1.807, 2.05) is 0 Å². The molecule has 3 N–H and O–H groups in total. The molecule has 0 unspecified atom stereocenters. The van der Waals surface area contributed by atoms with Crippen LogP contribution in [0.2, 0.25) is 0 Å². The van der Waals surface area contributed by atoms with Gasteiger partial charge in [-0.3, -0.25) is 5.10 Å². The van der Waals surface area contributed by atoms with Crippen molar-refractivity contribution in [1.29, 1.82) is 5.26 Å². The van der Waals surface area contributed by atoms with E-state index >= 15 is 0 Å². The third kappa shape index (κ3) is 1.92. The summed E-state index contributed by atoms with van der Waals surface area (Å²) in [6.07, 6.45) is 2.77. The molecule has 2 atom stereocenters. The Labute approximate surface area is 130 Å². The topological polar surface area (TPSA) is 91.0 Å². The van der Waals surface area contributed by atoms with E-state index < -0.39 is 0 Å². The molecule has 6 heteroatoms. The number of piperidine rings is 1. The third-order valence-electron chi connectivity index (χ3n) is 5.08. The van der Waals surface area contributed by atoms with E-state index in [0.29, 0.717) is 11.5 Å². The summed E-state index contributed by atoms with van der Waals surface area (Å²) >= 11 is 0. The largest absolute Gasteiger partial charge is 0.420 e. The number of H-pyrrole nitrogens is 1. The highest BCUT2D eigenvalue weighted by Gasteiger charge is 2.52. The van der Waals surface area contributed by atoms with Crippen LogP contribution >= 0.6 is 0 Å². The molecule has 0 radical (unpaired) electrons. The van der Waals surface area contributed by atoms with Crippen LogP contribution < -0.4 is 10.5 Å². The quantitative estimate of drug-likeness (QED) is 0.867. The fraction of sp³-hybridized carbons (Fsp3) is 0.625. The first-order valence-corrected chi connectivity index (χ1v) is 7.89. The molecule has 1 aromatic rings. The molecule has 0 bridgehead atoms. The van der Waals surface area contributed by atoms with Crippen molar-refractivity contribution in [3.05, 3.63) is 22.7 Å². The molecule has 1 spiro atoms. The van der Waals surface area contributed by atoms with Gasteiger partial charge in [-0.15, -0.1) is 5.10 Å². The molecule has 6 nitrogen and oxygen atoms in total. The van der Waals surface area contributed by atoms with Gasteiger partial charge in [0.1, 0.15) is 11.6 Å². The molecular formula is C16H23N5O. The number of aryl methyl sites for hydroxylation is 1. The summed E-state index contributed by atoms with van der Waals surface area (Å²) in [7, 11) is 2.12. The Bertz CT molecular complexity index is 656. The predicted octanol–water partition coefficient (Wildman–Crippen LogP) is 1.66. The number of nitrogens with one attached hydrogen (secondary N) is 1. The first-order chi connectivity index (χ1) is 10.5. The van der Waals surface area contributed by atoms with Crippen molar-refractivity contribution in [2.75, 3.05) is 20.1 Å². The Morgan fingerprint density at radius 2 is 2.36 bits per heavy atom. The van der Waals surface area contributed by atoms with Crippen LogP contribution in [-0.4, -0.2) is 35.2 Å². The molecule has 0 aromatic carbocycles. The lowest BCUT2D eigenvalue weighted by Gasteiger charge is -2.47. The zero-order valence-corrected chi connectivity index (χ0v) is 13.4. The summed E-state index contributed by atoms with van der Waals surface area (Å²) in [6, 6.07) is 2.33. The van der Waals surface area contributed by atoms with Crippen LogP contribution in [-0.2, 0) is 11.8 Å². The maximum atomic E-state index is 9.73. The first kappa shape index (κ1) is 14.9. The predicted molar refractivity (Wildman–Crippen MR) is 83.0 cm³/mol. The zero-order chi connectivity index (χ0) is 15.9. The van der Waals surface area contributed by atoms with Gasteiger partial charge in [-0.05, 0) is 32.4 Å². The van der Waals surface area contributed by atoms with Crippen molar-refractivity contribution in [2.45, 2.75) is 38.5 Å². The van der Waals surface area contributed by atoms with Crippen molar-refractivity contribution in [3.8, 4) is 11.9 Å². The molecule has 1 saturated heterocycles. The summed E-state index contributed by atoms with van der Waals surface area (Å²) in [5.41, 5.74) is 8.38. The molecule has 1 aromatic heterocycles. The van der Waals surface area contributed by atoms with Gasteiger partial charge in [-0.1, -0.05) is 20.3 Å². The van der Waals surface area contributed by atoms with Crippen LogP contribution in [0.5, 0.6) is 5.88 Å². The second-order valence-electron chi connectivity index (χ2n) is 6.47. The number of allylic oxidation sites excluding steroid dienone is 1. The highest BCUT2D eigenvalue weighted by atomic mass is 16.5. The second kappa shape index (κ2) is 5.33. The molecule has 0 amide bonds. The summed E-state index contributed by atoms with van der Waals surface area (Å²) in [6.45, 7) is 6.18. The van der Waals surface area contributed by atoms with Gasteiger partial charge < -0.3 is 15.4 Å². The SMILES string of the molecule is CCCc1[nH]nc2c1[C@]1(CCN(C)C[C@H]1C)C(C#N)=C(N)O2. The fourth-order valence-corrected chi connectivity index (χ4v) is 4.05. The van der Waals surface area contributed by atoms with Crippen molar-refractivity contribution >= 4 is 0 Å². The van der Waals surface area contributed by atoms with Crippen LogP contribution in [0.25, 0.3) is 0 Å². The van der Waals surface area contributed by atoms with E-state index in [1.165, 1.54) is 0 Å². The lowest BCUT2D eigenvalue weighted by Crippen LogP contribution is -2.51. The molecule has 2 aliphatic heterocycles. The summed E-state index contributed by atoms with van der Waals surface area (Å²) < 4.78 is 5.64. The summed E-state index contributed by atoms with van der Waals surface area (Å²) in [4.78, 5) is 2.30. The van der Waals surface area contributed by atoms with Crippen LogP contribution in [0, 0.1) is 17.2 Å². The van der Waals surface area contributed by atoms with Gasteiger partial charge in [0, 0.05) is 23.2 Å². The van der Waals surface area contributed by atoms with E-state index in [9.17, 15) is 5.26 Å². The summed E-state index contributed by atoms with van der Waals surface area (Å²) in [5, 5.41) is 17.2. The number of rotatable bonds is 2. The highest BCUT2D eigenvalue weighted by Crippen LogP contribution is 2.52. The molecular weight excluding hydrogens is 278 g/mol. The molecule has 22 heavy (non-hydrogen) atoms. The minimum atomic E-state index is -0.379. The third-order valence-corrected chi connectivity index (χ3v) is 5.08. The Hall–Kier alpha value is -2.00. The second-order valence-corrected chi connectivity index (χ2v) is 6.47. The lowest BCUT2D eigenvalue weighted by molar-refractivity contribution is 0.135. The first-order valence-electron chi connectivity index (χ1n) is 7.89. The fourth-order valence-electron chi connectivity index (χ4n) is 4.05. The molecule has 0 aliphatic carbocycles. The van der Waals surface area contributed by atoms with Gasteiger partial charge in [-0.25, -0.2) is 0 Å². The number of likely N-dealkylation sites (tertiary alicyclic amines) is 1. The van der Waals surface area contributed by atoms with Gasteiger partial charge in [0.05, 0.1) is 0 Å². The Morgan fingerprint density at radius 3 is 3.00 bits per heavy atom. The van der Waals surface area contributed by atoms with Gasteiger partial charge in [0.2, 0.25) is 11.8 Å². The monoisotopic (exact) mass is 301 g/mol. The molecule has 2 aliphatic rings. The maximum absolute atomic E-state index is 9.73. The van der Waals surface area contributed by atoms with Crippen LogP contribution in [0.3, 0.4) is 0 Å². The van der Waals surface area contributed by atoms with Crippen molar-refractivity contribution in [3.63, 3.8) is 0 Å². The number of hydrogen-bond acceptors (Lipinski definition) is 5. The number of hydrogen-bond donors (Lipinski definition) is 2. The Balaban J connectivity index is 2.21. The highest BCUT2D eigenvalue weighted by molar-refractivity contribution is 5.55. The Kier molecular flexibility index (Phi) is 3.61. The number of nitrogens with zero attached hydrogens (tertiary/aromatic N) is 3. The number of ether oxygens (including phenoxy) is 1. The van der Waals surface area contributed by atoms with E-state index in [4.69, 9.17) is 10.5 Å². The summed E-state index contributed by atoms with van der Waals surface area (Å²) in [5.74, 6) is 1.03. The average molecular weight is 301 g/mol. The van der Waals surface area contributed by atoms with Crippen LogP contribution in [0.15, 0.2) is 11.5 Å². The molecule has 118 valence electrons. The van der Waals surface area contributed by atoms with E-state index in [2.05, 4.69) is 42.1 Å². The van der Waals surface area contributed by atoms with E-state index in [1.54, 1.807) is 0 Å². The number of nitriles is 1. The Morgan fingerprint density at radius 1 is 1.59 bits per heavy atom. The van der Waals surface area contributed by atoms with Crippen molar-refractivity contribution < 1.29 is 4.74 Å². The standard InChI is InChI=1S/C16H23N5O/c1-4-5-12-13-15(20-19-12)22-14(18)11(8-17)16(13)6-7-21(3)9-10(16)2/h10H,4-7,9,18H2,1-3H3,(H,19,20)/t10-,16+/m1/s1. The minimum absolute atomic E-state index is 0.209. The van der Waals surface area contributed by atoms with Gasteiger partial charge >= 0.3 is 0 Å². The van der Waals surface area contributed by atoms with Gasteiger partial charge in [-0.2, -0.15) is 5.26 Å². The smallest absolute Gasteiger partial charge is 0.244 e. The number of fused-ring (bicyclic) bond motifs is 2. The van der Waals surface area contributed by atoms with E-state index in [-0.39, 0.29) is 17.2 Å². The number of aromatic amines is 1. The van der Waals surface area contributed by atoms with Crippen LogP contribution in [0.1, 0.15) is 37.9 Å². The number of nitrogens with two attached hydrogens (primary N) is 1. The van der Waals surface area contributed by atoms with Crippen LogP contribution in [0.4, 0.5) is 0 Å². The zero-order valence-electron chi connectivity index (χ0n) is 13.4. The van der Waals surface area contributed by atoms with Gasteiger partial charge in [0.25, 0.3) is 0 Å². The van der Waals surface area contributed by atoms with E-state index in [0.717, 1.165) is 43.6 Å². The lowest BCUT2D eigenvalue weighted by atomic mass is 9.61. The molecule has 3 rings (SSSR count). The van der Waals surface area contributed by atoms with Gasteiger partial charge in [0.15, 0.2) is 0 Å². The van der Waals surface area contributed by atoms with Crippen molar-refractivity contribution in [1.82, 2.24) is 15.1 Å². The average Bonchev–Trinajstić information content (AvgIpc) is 2.86. The molecule has 3 heterocycles. The normalized spacial score (nSPS) is 28.4. The maximum Gasteiger partial charge on any atom is 0.244 e. The minimum Gasteiger partial charge on any atom is -0.420 e. The van der Waals surface area contributed by atoms with Crippen molar-refractivity contribution in [2.24, 2.45) is 11.7 Å². The number of aromatic nitrogens is 2. The molecule has 0 saturated carbocycles. The molecule has 1 fully saturated rings.